The molecule has 0 aliphatic carbocycles. The summed E-state index contributed by atoms with van der Waals surface area (Å²) in [6.07, 6.45) is 3.24. The minimum atomic E-state index is -0.419. The van der Waals surface area contributed by atoms with Gasteiger partial charge < -0.3 is 4.74 Å². The van der Waals surface area contributed by atoms with E-state index < -0.39 is 5.97 Å². The minimum absolute atomic E-state index is 0.0739. The SMILES string of the molecule is CC(=O)OCn1c(=O)ccc2cnccc21. The largest absolute Gasteiger partial charge is 0.444 e. The second kappa shape index (κ2) is 4.14. The molecule has 0 N–H and O–H groups in total. The van der Waals surface area contributed by atoms with Crippen LogP contribution in [-0.4, -0.2) is 15.5 Å². The Morgan fingerprint density at radius 2 is 2.25 bits per heavy atom. The highest BCUT2D eigenvalue weighted by molar-refractivity contribution is 5.77. The van der Waals surface area contributed by atoms with Gasteiger partial charge in [0.2, 0.25) is 0 Å². The maximum absolute atomic E-state index is 11.6. The zero-order chi connectivity index (χ0) is 11.5. The van der Waals surface area contributed by atoms with Gasteiger partial charge >= 0.3 is 5.97 Å². The highest BCUT2D eigenvalue weighted by Gasteiger charge is 2.03. The van der Waals surface area contributed by atoms with Crippen LogP contribution in [0.4, 0.5) is 0 Å². The van der Waals surface area contributed by atoms with Gasteiger partial charge in [-0.25, -0.2) is 0 Å². The fraction of sp³-hybridized carbons (Fsp3) is 0.182. The van der Waals surface area contributed by atoms with Crippen LogP contribution in [0.2, 0.25) is 0 Å². The van der Waals surface area contributed by atoms with E-state index >= 15 is 0 Å². The molecule has 0 amide bonds. The standard InChI is InChI=1S/C11H10N2O3/c1-8(14)16-7-13-10-4-5-12-6-9(10)2-3-11(13)15/h2-6H,7H2,1H3. The molecule has 5 nitrogen and oxygen atoms in total. The van der Waals surface area contributed by atoms with Crippen molar-refractivity contribution in [2.24, 2.45) is 0 Å². The molecule has 0 radical (unpaired) electrons. The number of rotatable bonds is 2. The number of fused-ring (bicyclic) bond motifs is 1. The van der Waals surface area contributed by atoms with Gasteiger partial charge in [-0.15, -0.1) is 0 Å². The fourth-order valence-electron chi connectivity index (χ4n) is 1.43. The van der Waals surface area contributed by atoms with E-state index in [9.17, 15) is 9.59 Å². The van der Waals surface area contributed by atoms with Gasteiger partial charge in [0.15, 0.2) is 6.73 Å². The number of aromatic nitrogens is 2. The molecule has 82 valence electrons. The maximum atomic E-state index is 11.6. The van der Waals surface area contributed by atoms with E-state index in [0.717, 1.165) is 5.39 Å². The van der Waals surface area contributed by atoms with E-state index in [1.54, 1.807) is 24.5 Å². The van der Waals surface area contributed by atoms with Crippen LogP contribution >= 0.6 is 0 Å². The van der Waals surface area contributed by atoms with Crippen molar-refractivity contribution < 1.29 is 9.53 Å². The molecule has 0 aliphatic heterocycles. The Kier molecular flexibility index (Phi) is 2.68. The molecule has 2 rings (SSSR count). The first-order valence-electron chi connectivity index (χ1n) is 4.75. The quantitative estimate of drug-likeness (QED) is 0.703. The molecule has 0 aliphatic rings. The zero-order valence-corrected chi connectivity index (χ0v) is 8.71. The summed E-state index contributed by atoms with van der Waals surface area (Å²) in [7, 11) is 0. The predicted octanol–water partition coefficient (Wildman–Crippen LogP) is 0.917. The summed E-state index contributed by atoms with van der Waals surface area (Å²) in [6, 6.07) is 4.82. The van der Waals surface area contributed by atoms with Gasteiger partial charge in [-0.05, 0) is 12.1 Å². The number of pyridine rings is 2. The Morgan fingerprint density at radius 1 is 1.44 bits per heavy atom. The highest BCUT2D eigenvalue weighted by Crippen LogP contribution is 2.09. The molecule has 0 atom stereocenters. The molecular formula is C11H10N2O3. The monoisotopic (exact) mass is 218 g/mol. The predicted molar refractivity (Wildman–Crippen MR) is 57.8 cm³/mol. The summed E-state index contributed by atoms with van der Waals surface area (Å²) in [5.41, 5.74) is 0.490. The third kappa shape index (κ3) is 1.93. The summed E-state index contributed by atoms with van der Waals surface area (Å²) in [5.74, 6) is -0.419. The lowest BCUT2D eigenvalue weighted by atomic mass is 10.3. The third-order valence-corrected chi connectivity index (χ3v) is 2.19. The van der Waals surface area contributed by atoms with E-state index in [0.29, 0.717) is 5.52 Å². The Morgan fingerprint density at radius 3 is 3.00 bits per heavy atom. The molecule has 0 aromatic carbocycles. The molecule has 2 heterocycles. The molecule has 0 spiro atoms. The van der Waals surface area contributed by atoms with Crippen LogP contribution < -0.4 is 5.56 Å². The summed E-state index contributed by atoms with van der Waals surface area (Å²) in [4.78, 5) is 26.3. The number of hydrogen-bond donors (Lipinski definition) is 0. The van der Waals surface area contributed by atoms with E-state index in [1.165, 1.54) is 17.6 Å². The second-order valence-electron chi connectivity index (χ2n) is 3.30. The Labute approximate surface area is 91.3 Å². The molecule has 2 aromatic rings. The van der Waals surface area contributed by atoms with Gasteiger partial charge in [0, 0.05) is 30.8 Å². The third-order valence-electron chi connectivity index (χ3n) is 2.19. The number of carbonyl (C=O) groups excluding carboxylic acids is 1. The number of nitrogens with zero attached hydrogens (tertiary/aromatic N) is 2. The molecule has 2 aromatic heterocycles. The molecule has 0 saturated heterocycles. The van der Waals surface area contributed by atoms with Gasteiger partial charge in [-0.3, -0.25) is 19.1 Å². The van der Waals surface area contributed by atoms with Crippen molar-refractivity contribution in [2.45, 2.75) is 13.7 Å². The fourth-order valence-corrected chi connectivity index (χ4v) is 1.43. The van der Waals surface area contributed by atoms with Crippen molar-refractivity contribution in [1.82, 2.24) is 9.55 Å². The van der Waals surface area contributed by atoms with Gasteiger partial charge in [0.25, 0.3) is 5.56 Å². The van der Waals surface area contributed by atoms with Crippen LogP contribution in [0.3, 0.4) is 0 Å². The Bertz CT molecular complexity index is 589. The van der Waals surface area contributed by atoms with Crippen LogP contribution in [0.5, 0.6) is 0 Å². The van der Waals surface area contributed by atoms with Crippen LogP contribution in [-0.2, 0) is 16.3 Å². The van der Waals surface area contributed by atoms with Crippen molar-refractivity contribution in [2.75, 3.05) is 0 Å². The number of ether oxygens (including phenoxy) is 1. The number of esters is 1. The molecule has 0 saturated carbocycles. The maximum Gasteiger partial charge on any atom is 0.304 e. The highest BCUT2D eigenvalue weighted by atomic mass is 16.5. The van der Waals surface area contributed by atoms with Crippen molar-refractivity contribution in [3.8, 4) is 0 Å². The normalized spacial score (nSPS) is 10.3. The summed E-state index contributed by atoms with van der Waals surface area (Å²) < 4.78 is 6.21. The second-order valence-corrected chi connectivity index (χ2v) is 3.30. The minimum Gasteiger partial charge on any atom is -0.444 e. The first kappa shape index (κ1) is 10.4. The molecule has 0 unspecified atom stereocenters. The van der Waals surface area contributed by atoms with Crippen molar-refractivity contribution in [3.05, 3.63) is 40.9 Å². The number of hydrogen-bond acceptors (Lipinski definition) is 4. The molecule has 5 heteroatoms. The van der Waals surface area contributed by atoms with Gasteiger partial charge in [-0.1, -0.05) is 0 Å². The van der Waals surface area contributed by atoms with E-state index in [1.807, 2.05) is 0 Å². The van der Waals surface area contributed by atoms with Crippen molar-refractivity contribution in [3.63, 3.8) is 0 Å². The lowest BCUT2D eigenvalue weighted by molar-refractivity contribution is -0.144. The molecule has 16 heavy (non-hydrogen) atoms. The average molecular weight is 218 g/mol. The summed E-state index contributed by atoms with van der Waals surface area (Å²) in [6.45, 7) is 1.23. The van der Waals surface area contributed by atoms with Crippen LogP contribution in [0.25, 0.3) is 10.9 Å². The molecular weight excluding hydrogens is 208 g/mol. The van der Waals surface area contributed by atoms with Gasteiger partial charge in [0.1, 0.15) is 0 Å². The van der Waals surface area contributed by atoms with E-state index in [-0.39, 0.29) is 12.3 Å². The van der Waals surface area contributed by atoms with Crippen LogP contribution in [0.15, 0.2) is 35.4 Å². The molecule has 0 fully saturated rings. The average Bonchev–Trinajstić information content (AvgIpc) is 2.27. The first-order chi connectivity index (χ1) is 7.68. The Balaban J connectivity index is 2.53. The smallest absolute Gasteiger partial charge is 0.304 e. The summed E-state index contributed by atoms with van der Waals surface area (Å²) >= 11 is 0. The van der Waals surface area contributed by atoms with E-state index in [4.69, 9.17) is 4.74 Å². The first-order valence-corrected chi connectivity index (χ1v) is 4.75. The lowest BCUT2D eigenvalue weighted by Gasteiger charge is -2.08. The zero-order valence-electron chi connectivity index (χ0n) is 8.71. The number of carbonyl (C=O) groups is 1. The van der Waals surface area contributed by atoms with Crippen molar-refractivity contribution >= 4 is 16.9 Å². The Hall–Kier alpha value is -2.17. The topological polar surface area (TPSA) is 61.2 Å². The van der Waals surface area contributed by atoms with Crippen LogP contribution in [0.1, 0.15) is 6.92 Å². The van der Waals surface area contributed by atoms with Crippen LogP contribution in [0, 0.1) is 0 Å². The summed E-state index contributed by atoms with van der Waals surface area (Å²) in [5, 5.41) is 0.828. The van der Waals surface area contributed by atoms with Crippen molar-refractivity contribution in [1.29, 1.82) is 0 Å². The van der Waals surface area contributed by atoms with Gasteiger partial charge in [-0.2, -0.15) is 0 Å². The van der Waals surface area contributed by atoms with Gasteiger partial charge in [0.05, 0.1) is 5.52 Å². The lowest BCUT2D eigenvalue weighted by Crippen LogP contribution is -2.21. The van der Waals surface area contributed by atoms with E-state index in [2.05, 4.69) is 4.98 Å². The molecule has 0 bridgehead atoms.